The van der Waals surface area contributed by atoms with Crippen molar-refractivity contribution in [2.24, 2.45) is 5.11 Å². The Kier molecular flexibility index (Phi) is 3.46. The first kappa shape index (κ1) is 10.0. The molecule has 0 bridgehead atoms. The van der Waals surface area contributed by atoms with Gasteiger partial charge in [-0.05, 0) is 17.2 Å². The monoisotopic (exact) mass is 191 g/mol. The number of aromatic nitrogens is 1. The summed E-state index contributed by atoms with van der Waals surface area (Å²) in [5.41, 5.74) is 9.28. The standard InChI is InChI=1S/C8H9N5O/c1-10-8(14)7-2-6(3-11-5-7)4-12-13-9/h2-3,5H,4H2,1H3,(H,10,14). The van der Waals surface area contributed by atoms with Gasteiger partial charge in [0.1, 0.15) is 0 Å². The second kappa shape index (κ2) is 4.84. The molecule has 0 spiro atoms. The van der Waals surface area contributed by atoms with Gasteiger partial charge in [0.05, 0.1) is 12.1 Å². The third kappa shape index (κ3) is 2.46. The van der Waals surface area contributed by atoms with Crippen LogP contribution in [0.4, 0.5) is 0 Å². The number of pyridine rings is 1. The minimum atomic E-state index is -0.208. The lowest BCUT2D eigenvalue weighted by Crippen LogP contribution is -2.18. The molecule has 0 unspecified atom stereocenters. The number of amides is 1. The van der Waals surface area contributed by atoms with E-state index in [-0.39, 0.29) is 12.5 Å². The zero-order valence-electron chi connectivity index (χ0n) is 7.64. The van der Waals surface area contributed by atoms with Gasteiger partial charge < -0.3 is 5.32 Å². The van der Waals surface area contributed by atoms with Crippen LogP contribution < -0.4 is 5.32 Å². The second-order valence-electron chi connectivity index (χ2n) is 2.55. The molecule has 0 atom stereocenters. The van der Waals surface area contributed by atoms with Crippen LogP contribution in [0.15, 0.2) is 23.6 Å². The van der Waals surface area contributed by atoms with Crippen LogP contribution in [0.25, 0.3) is 10.4 Å². The molecule has 72 valence electrons. The van der Waals surface area contributed by atoms with Crippen molar-refractivity contribution in [1.82, 2.24) is 10.3 Å². The molecule has 6 nitrogen and oxygen atoms in total. The zero-order chi connectivity index (χ0) is 10.4. The van der Waals surface area contributed by atoms with E-state index in [1.54, 1.807) is 19.3 Å². The van der Waals surface area contributed by atoms with E-state index in [0.29, 0.717) is 11.1 Å². The van der Waals surface area contributed by atoms with Crippen molar-refractivity contribution in [3.05, 3.63) is 40.0 Å². The fourth-order valence-corrected chi connectivity index (χ4v) is 0.956. The summed E-state index contributed by atoms with van der Waals surface area (Å²) in [6.45, 7) is 0.203. The van der Waals surface area contributed by atoms with Gasteiger partial charge in [-0.2, -0.15) is 0 Å². The Hall–Kier alpha value is -2.07. The molecule has 0 aliphatic heterocycles. The predicted octanol–water partition coefficient (Wildman–Crippen LogP) is 1.25. The summed E-state index contributed by atoms with van der Waals surface area (Å²) < 4.78 is 0. The van der Waals surface area contributed by atoms with Crippen molar-refractivity contribution in [1.29, 1.82) is 0 Å². The van der Waals surface area contributed by atoms with E-state index in [9.17, 15) is 4.79 Å². The first-order valence-electron chi connectivity index (χ1n) is 3.95. The SMILES string of the molecule is CNC(=O)c1cncc(CN=[N+]=[N-])c1. The maximum absolute atomic E-state index is 11.2. The fraction of sp³-hybridized carbons (Fsp3) is 0.250. The molecule has 0 aliphatic carbocycles. The number of rotatable bonds is 3. The van der Waals surface area contributed by atoms with Gasteiger partial charge in [0.15, 0.2) is 0 Å². The maximum Gasteiger partial charge on any atom is 0.252 e. The van der Waals surface area contributed by atoms with E-state index in [0.717, 1.165) is 0 Å². The Morgan fingerprint density at radius 1 is 1.71 bits per heavy atom. The van der Waals surface area contributed by atoms with Gasteiger partial charge in [-0.25, -0.2) is 0 Å². The van der Waals surface area contributed by atoms with Gasteiger partial charge in [0, 0.05) is 24.4 Å². The molecule has 14 heavy (non-hydrogen) atoms. The topological polar surface area (TPSA) is 90.8 Å². The molecular weight excluding hydrogens is 182 g/mol. The molecule has 0 fully saturated rings. The van der Waals surface area contributed by atoms with Crippen LogP contribution in [0.5, 0.6) is 0 Å². The van der Waals surface area contributed by atoms with Crippen LogP contribution in [-0.4, -0.2) is 17.9 Å². The van der Waals surface area contributed by atoms with Crippen LogP contribution in [0.1, 0.15) is 15.9 Å². The van der Waals surface area contributed by atoms with Gasteiger partial charge in [0.2, 0.25) is 0 Å². The number of nitrogens with zero attached hydrogens (tertiary/aromatic N) is 4. The molecule has 0 radical (unpaired) electrons. The predicted molar refractivity (Wildman–Crippen MR) is 50.5 cm³/mol. The van der Waals surface area contributed by atoms with Gasteiger partial charge in [-0.1, -0.05) is 5.11 Å². The van der Waals surface area contributed by atoms with Crippen molar-refractivity contribution >= 4 is 5.91 Å². The number of carbonyl (C=O) groups is 1. The summed E-state index contributed by atoms with van der Waals surface area (Å²) in [5.74, 6) is -0.208. The molecule has 1 aromatic rings. The van der Waals surface area contributed by atoms with Gasteiger partial charge in [-0.3, -0.25) is 9.78 Å². The van der Waals surface area contributed by atoms with Crippen molar-refractivity contribution in [2.45, 2.75) is 6.54 Å². The molecule has 1 heterocycles. The number of carbonyl (C=O) groups excluding carboxylic acids is 1. The molecule has 1 aromatic heterocycles. The van der Waals surface area contributed by atoms with E-state index in [1.165, 1.54) is 6.20 Å². The summed E-state index contributed by atoms with van der Waals surface area (Å²) >= 11 is 0. The summed E-state index contributed by atoms with van der Waals surface area (Å²) in [6.07, 6.45) is 3.01. The maximum atomic E-state index is 11.2. The number of nitrogens with one attached hydrogen (secondary N) is 1. The normalized spacial score (nSPS) is 8.93. The smallest absolute Gasteiger partial charge is 0.252 e. The third-order valence-electron chi connectivity index (χ3n) is 1.60. The Balaban J connectivity index is 2.88. The second-order valence-corrected chi connectivity index (χ2v) is 2.55. The molecule has 0 aromatic carbocycles. The fourth-order valence-electron chi connectivity index (χ4n) is 0.956. The van der Waals surface area contributed by atoms with Crippen LogP contribution in [0.2, 0.25) is 0 Å². The summed E-state index contributed by atoms with van der Waals surface area (Å²) in [7, 11) is 1.54. The van der Waals surface area contributed by atoms with E-state index in [1.807, 2.05) is 0 Å². The first-order chi connectivity index (χ1) is 6.77. The molecule has 6 heteroatoms. The highest BCUT2D eigenvalue weighted by Gasteiger charge is 2.03. The Bertz CT molecular complexity index is 383. The van der Waals surface area contributed by atoms with E-state index in [4.69, 9.17) is 5.53 Å². The average molecular weight is 191 g/mol. The van der Waals surface area contributed by atoms with Crippen LogP contribution in [-0.2, 0) is 6.54 Å². The largest absolute Gasteiger partial charge is 0.355 e. The molecule has 0 aliphatic rings. The molecule has 1 rings (SSSR count). The Morgan fingerprint density at radius 3 is 3.14 bits per heavy atom. The lowest BCUT2D eigenvalue weighted by Gasteiger charge is -2.00. The van der Waals surface area contributed by atoms with Crippen LogP contribution >= 0.6 is 0 Å². The minimum Gasteiger partial charge on any atom is -0.355 e. The van der Waals surface area contributed by atoms with E-state index in [2.05, 4.69) is 20.3 Å². The molecule has 0 saturated carbocycles. The first-order valence-corrected chi connectivity index (χ1v) is 3.95. The number of hydrogen-bond acceptors (Lipinski definition) is 3. The van der Waals surface area contributed by atoms with Crippen LogP contribution in [0, 0.1) is 0 Å². The Labute approximate surface area is 80.6 Å². The van der Waals surface area contributed by atoms with E-state index < -0.39 is 0 Å². The molecule has 1 amide bonds. The highest BCUT2D eigenvalue weighted by molar-refractivity contribution is 5.93. The summed E-state index contributed by atoms with van der Waals surface area (Å²) in [6, 6.07) is 1.64. The summed E-state index contributed by atoms with van der Waals surface area (Å²) in [5, 5.41) is 5.86. The van der Waals surface area contributed by atoms with Crippen molar-refractivity contribution < 1.29 is 4.79 Å². The lowest BCUT2D eigenvalue weighted by atomic mass is 10.2. The molecular formula is C8H9N5O. The van der Waals surface area contributed by atoms with Crippen molar-refractivity contribution in [3.63, 3.8) is 0 Å². The molecule has 1 N–H and O–H groups in total. The highest BCUT2D eigenvalue weighted by atomic mass is 16.1. The van der Waals surface area contributed by atoms with Crippen molar-refractivity contribution in [3.8, 4) is 0 Å². The summed E-state index contributed by atoms with van der Waals surface area (Å²) in [4.78, 5) is 17.7. The van der Waals surface area contributed by atoms with E-state index >= 15 is 0 Å². The third-order valence-corrected chi connectivity index (χ3v) is 1.60. The highest BCUT2D eigenvalue weighted by Crippen LogP contribution is 2.04. The lowest BCUT2D eigenvalue weighted by molar-refractivity contribution is 0.0962. The Morgan fingerprint density at radius 2 is 2.50 bits per heavy atom. The average Bonchev–Trinajstić information content (AvgIpc) is 2.25. The van der Waals surface area contributed by atoms with Gasteiger partial charge in [0.25, 0.3) is 5.91 Å². The zero-order valence-corrected chi connectivity index (χ0v) is 7.64. The van der Waals surface area contributed by atoms with Gasteiger partial charge in [-0.15, -0.1) is 0 Å². The quantitative estimate of drug-likeness (QED) is 0.442. The van der Waals surface area contributed by atoms with Crippen molar-refractivity contribution in [2.75, 3.05) is 7.05 Å². The van der Waals surface area contributed by atoms with Gasteiger partial charge >= 0.3 is 0 Å². The number of hydrogen-bond donors (Lipinski definition) is 1. The number of azide groups is 1. The molecule has 0 saturated heterocycles. The minimum absolute atomic E-state index is 0.203. The van der Waals surface area contributed by atoms with Crippen LogP contribution in [0.3, 0.4) is 0 Å².